The number of anilines is 1. The van der Waals surface area contributed by atoms with Gasteiger partial charge in [0.1, 0.15) is 11.6 Å². The smallest absolute Gasteiger partial charge is 0.282 e. The molecule has 1 fully saturated rings. The van der Waals surface area contributed by atoms with Gasteiger partial charge in [-0.15, -0.1) is 0 Å². The molecule has 7 nitrogen and oxygen atoms in total. The van der Waals surface area contributed by atoms with Crippen molar-refractivity contribution in [1.82, 2.24) is 9.66 Å². The van der Waals surface area contributed by atoms with E-state index in [1.165, 1.54) is 4.68 Å². The van der Waals surface area contributed by atoms with Crippen molar-refractivity contribution >= 4 is 38.7 Å². The summed E-state index contributed by atoms with van der Waals surface area (Å²) >= 11 is 3.40. The van der Waals surface area contributed by atoms with Gasteiger partial charge < -0.3 is 14.4 Å². The summed E-state index contributed by atoms with van der Waals surface area (Å²) in [6.45, 7) is 4.91. The van der Waals surface area contributed by atoms with Crippen LogP contribution in [0.5, 0.6) is 5.75 Å². The standard InChI is InChI=1S/C21H21BrN4O3/c1-14-24-19-6-4-16(22)11-18(19)21(27)26(14)23-13-15-3-5-17(12-20(15)28-2)25-7-9-29-10-8-25/h3-6,11-13H,7-10H2,1-2H3. The Bertz CT molecular complexity index is 1140. The fraction of sp³-hybridized carbons (Fsp3) is 0.286. The van der Waals surface area contributed by atoms with Crippen LogP contribution in [0, 0.1) is 6.92 Å². The number of methoxy groups -OCH3 is 1. The molecule has 3 aromatic rings. The first-order valence-corrected chi connectivity index (χ1v) is 10.1. The highest BCUT2D eigenvalue weighted by Gasteiger charge is 2.13. The number of nitrogens with zero attached hydrogens (tertiary/aromatic N) is 4. The molecule has 0 aliphatic carbocycles. The fourth-order valence-electron chi connectivity index (χ4n) is 3.34. The Morgan fingerprint density at radius 2 is 2.00 bits per heavy atom. The van der Waals surface area contributed by atoms with Crippen LogP contribution in [0.3, 0.4) is 0 Å². The minimum atomic E-state index is -0.214. The third kappa shape index (κ3) is 4.04. The number of aryl methyl sites for hydroxylation is 1. The molecule has 0 unspecified atom stereocenters. The Hall–Kier alpha value is -2.71. The molecule has 0 bridgehead atoms. The first kappa shape index (κ1) is 19.6. The fourth-order valence-corrected chi connectivity index (χ4v) is 3.70. The lowest BCUT2D eigenvalue weighted by atomic mass is 10.1. The van der Waals surface area contributed by atoms with Crippen LogP contribution in [0.2, 0.25) is 0 Å². The number of hydrogen-bond donors (Lipinski definition) is 0. The number of aromatic nitrogens is 2. The summed E-state index contributed by atoms with van der Waals surface area (Å²) < 4.78 is 13.1. The molecule has 0 saturated carbocycles. The molecule has 8 heteroatoms. The Labute approximate surface area is 176 Å². The largest absolute Gasteiger partial charge is 0.496 e. The highest BCUT2D eigenvalue weighted by atomic mass is 79.9. The van der Waals surface area contributed by atoms with Gasteiger partial charge in [0.25, 0.3) is 5.56 Å². The van der Waals surface area contributed by atoms with Gasteiger partial charge in [-0.2, -0.15) is 9.78 Å². The molecular formula is C21H21BrN4O3. The average Bonchev–Trinajstić information content (AvgIpc) is 2.75. The molecule has 0 atom stereocenters. The number of morpholine rings is 1. The molecule has 1 saturated heterocycles. The Kier molecular flexibility index (Phi) is 5.64. The first-order valence-electron chi connectivity index (χ1n) is 9.31. The molecule has 0 radical (unpaired) electrons. The second-order valence-corrected chi connectivity index (χ2v) is 7.62. The van der Waals surface area contributed by atoms with E-state index >= 15 is 0 Å². The molecule has 2 heterocycles. The summed E-state index contributed by atoms with van der Waals surface area (Å²) in [5.41, 5.74) is 2.29. The van der Waals surface area contributed by atoms with E-state index in [-0.39, 0.29) is 5.56 Å². The number of fused-ring (bicyclic) bond motifs is 1. The molecule has 0 amide bonds. The number of ether oxygens (including phenoxy) is 2. The van der Waals surface area contributed by atoms with E-state index in [1.807, 2.05) is 30.3 Å². The molecule has 29 heavy (non-hydrogen) atoms. The number of rotatable bonds is 4. The zero-order valence-electron chi connectivity index (χ0n) is 16.3. The Morgan fingerprint density at radius 1 is 1.21 bits per heavy atom. The lowest BCUT2D eigenvalue weighted by Gasteiger charge is -2.29. The molecule has 0 N–H and O–H groups in total. The van der Waals surface area contributed by atoms with Crippen molar-refractivity contribution in [3.8, 4) is 5.75 Å². The van der Waals surface area contributed by atoms with E-state index < -0.39 is 0 Å². The van der Waals surface area contributed by atoms with Gasteiger partial charge in [0.2, 0.25) is 0 Å². The maximum absolute atomic E-state index is 12.9. The normalized spacial score (nSPS) is 14.7. The van der Waals surface area contributed by atoms with Gasteiger partial charge in [0.05, 0.1) is 37.4 Å². The van der Waals surface area contributed by atoms with Crippen LogP contribution in [-0.4, -0.2) is 49.3 Å². The summed E-state index contributed by atoms with van der Waals surface area (Å²) in [5, 5.41) is 4.90. The van der Waals surface area contributed by atoms with Crippen molar-refractivity contribution in [3.05, 3.63) is 62.6 Å². The van der Waals surface area contributed by atoms with Gasteiger partial charge in [-0.3, -0.25) is 4.79 Å². The molecule has 2 aromatic carbocycles. The third-order valence-corrected chi connectivity index (χ3v) is 5.37. The molecule has 4 rings (SSSR count). The van der Waals surface area contributed by atoms with Crippen LogP contribution in [0.1, 0.15) is 11.4 Å². The van der Waals surface area contributed by atoms with E-state index in [0.29, 0.717) is 22.5 Å². The van der Waals surface area contributed by atoms with Crippen molar-refractivity contribution in [2.75, 3.05) is 38.3 Å². The van der Waals surface area contributed by atoms with Gasteiger partial charge in [-0.25, -0.2) is 4.98 Å². The predicted octanol–water partition coefficient (Wildman–Crippen LogP) is 3.19. The topological polar surface area (TPSA) is 69.0 Å². The maximum Gasteiger partial charge on any atom is 0.282 e. The lowest BCUT2D eigenvalue weighted by molar-refractivity contribution is 0.122. The maximum atomic E-state index is 12.9. The van der Waals surface area contributed by atoms with E-state index in [9.17, 15) is 4.79 Å². The number of benzene rings is 2. The highest BCUT2D eigenvalue weighted by Crippen LogP contribution is 2.25. The quantitative estimate of drug-likeness (QED) is 0.563. The summed E-state index contributed by atoms with van der Waals surface area (Å²) in [4.78, 5) is 19.6. The van der Waals surface area contributed by atoms with Gasteiger partial charge in [0, 0.05) is 34.9 Å². The van der Waals surface area contributed by atoms with Crippen molar-refractivity contribution in [3.63, 3.8) is 0 Å². The van der Waals surface area contributed by atoms with Crippen LogP contribution in [0.4, 0.5) is 5.69 Å². The predicted molar refractivity (Wildman–Crippen MR) is 117 cm³/mol. The van der Waals surface area contributed by atoms with Crippen molar-refractivity contribution in [1.29, 1.82) is 0 Å². The molecule has 150 valence electrons. The van der Waals surface area contributed by atoms with E-state index in [1.54, 1.807) is 26.3 Å². The van der Waals surface area contributed by atoms with Gasteiger partial charge in [0.15, 0.2) is 0 Å². The molecule has 1 aliphatic rings. The van der Waals surface area contributed by atoms with Crippen LogP contribution >= 0.6 is 15.9 Å². The minimum absolute atomic E-state index is 0.214. The van der Waals surface area contributed by atoms with Gasteiger partial charge in [-0.1, -0.05) is 15.9 Å². The van der Waals surface area contributed by atoms with Crippen molar-refractivity contribution in [2.24, 2.45) is 5.10 Å². The monoisotopic (exact) mass is 456 g/mol. The Balaban J connectivity index is 1.69. The van der Waals surface area contributed by atoms with Crippen LogP contribution in [-0.2, 0) is 4.74 Å². The van der Waals surface area contributed by atoms with Crippen molar-refractivity contribution in [2.45, 2.75) is 6.92 Å². The SMILES string of the molecule is COc1cc(N2CCOCC2)ccc1C=Nn1c(C)nc2ccc(Br)cc2c1=O. The van der Waals surface area contributed by atoms with Gasteiger partial charge in [-0.05, 0) is 37.3 Å². The first-order chi connectivity index (χ1) is 14.1. The highest BCUT2D eigenvalue weighted by molar-refractivity contribution is 9.10. The lowest BCUT2D eigenvalue weighted by Crippen LogP contribution is -2.36. The summed E-state index contributed by atoms with van der Waals surface area (Å²) in [5.74, 6) is 1.21. The van der Waals surface area contributed by atoms with Crippen molar-refractivity contribution < 1.29 is 9.47 Å². The number of hydrogen-bond acceptors (Lipinski definition) is 6. The van der Waals surface area contributed by atoms with Crippen LogP contribution < -0.4 is 15.2 Å². The number of halogens is 1. The zero-order valence-corrected chi connectivity index (χ0v) is 17.8. The van der Waals surface area contributed by atoms with E-state index in [2.05, 4.69) is 30.9 Å². The second kappa shape index (κ2) is 8.34. The molecular weight excluding hydrogens is 436 g/mol. The average molecular weight is 457 g/mol. The van der Waals surface area contributed by atoms with Gasteiger partial charge >= 0.3 is 0 Å². The molecule has 1 aliphatic heterocycles. The third-order valence-electron chi connectivity index (χ3n) is 4.88. The van der Waals surface area contributed by atoms with Crippen LogP contribution in [0.25, 0.3) is 10.9 Å². The van der Waals surface area contributed by atoms with E-state index in [0.717, 1.165) is 42.0 Å². The second-order valence-electron chi connectivity index (χ2n) is 6.71. The van der Waals surface area contributed by atoms with E-state index in [4.69, 9.17) is 9.47 Å². The summed E-state index contributed by atoms with van der Waals surface area (Å²) in [7, 11) is 1.63. The van der Waals surface area contributed by atoms with Crippen LogP contribution in [0.15, 0.2) is 50.8 Å². The molecule has 1 aromatic heterocycles. The Morgan fingerprint density at radius 3 is 2.76 bits per heavy atom. The minimum Gasteiger partial charge on any atom is -0.496 e. The summed E-state index contributed by atoms with van der Waals surface area (Å²) in [6.07, 6.45) is 1.63. The summed E-state index contributed by atoms with van der Waals surface area (Å²) in [6, 6.07) is 11.4. The zero-order chi connectivity index (χ0) is 20.4. The molecule has 0 spiro atoms.